The molecule has 0 fully saturated rings. The Morgan fingerprint density at radius 2 is 1.69 bits per heavy atom. The van der Waals surface area contributed by atoms with Crippen molar-refractivity contribution in [3.63, 3.8) is 0 Å². The van der Waals surface area contributed by atoms with Crippen LogP contribution in [-0.2, 0) is 13.0 Å². The fraction of sp³-hybridized carbons (Fsp3) is 0.105. The van der Waals surface area contributed by atoms with Crippen LogP contribution < -0.4 is 5.32 Å². The van der Waals surface area contributed by atoms with Crippen LogP contribution in [0.25, 0.3) is 11.0 Å². The van der Waals surface area contributed by atoms with Crippen LogP contribution in [0.1, 0.15) is 16.3 Å². The molecule has 0 spiro atoms. The number of carbonyl (C=O) groups is 1. The number of aromatic nitrogens is 5. The van der Waals surface area contributed by atoms with Crippen LogP contribution in [-0.4, -0.2) is 30.4 Å². The number of benzene rings is 1. The molecule has 0 saturated carbocycles. The van der Waals surface area contributed by atoms with Gasteiger partial charge in [0.2, 0.25) is 11.8 Å². The van der Waals surface area contributed by atoms with Gasteiger partial charge in [-0.2, -0.15) is 0 Å². The number of pyridine rings is 1. The number of hydrogen-bond acceptors (Lipinski definition) is 5. The number of aryl methyl sites for hydroxylation is 2. The second-order valence-electron chi connectivity index (χ2n) is 5.67. The molecule has 0 radical (unpaired) electrons. The third-order valence-electron chi connectivity index (χ3n) is 3.97. The zero-order valence-corrected chi connectivity index (χ0v) is 13.9. The van der Waals surface area contributed by atoms with Crippen molar-refractivity contribution in [1.29, 1.82) is 0 Å². The Morgan fingerprint density at radius 1 is 0.923 bits per heavy atom. The molecule has 4 aromatic rings. The van der Waals surface area contributed by atoms with Crippen LogP contribution in [0.2, 0.25) is 0 Å². The van der Waals surface area contributed by atoms with Gasteiger partial charge in [-0.3, -0.25) is 15.1 Å². The number of amides is 1. The highest BCUT2D eigenvalue weighted by atomic mass is 16.2. The van der Waals surface area contributed by atoms with Crippen LogP contribution in [0.3, 0.4) is 0 Å². The molecule has 1 N–H and O–H groups in total. The predicted molar refractivity (Wildman–Crippen MR) is 97.7 cm³/mol. The van der Waals surface area contributed by atoms with Crippen molar-refractivity contribution < 1.29 is 4.79 Å². The molecule has 26 heavy (non-hydrogen) atoms. The molecular formula is C19H16N6O. The maximum absolute atomic E-state index is 12.4. The van der Waals surface area contributed by atoms with E-state index in [1.807, 2.05) is 47.0 Å². The van der Waals surface area contributed by atoms with Crippen molar-refractivity contribution in [2.75, 3.05) is 5.32 Å². The molecule has 7 nitrogen and oxygen atoms in total. The Morgan fingerprint density at radius 3 is 2.50 bits per heavy atom. The minimum Gasteiger partial charge on any atom is -0.310 e. The summed E-state index contributed by atoms with van der Waals surface area (Å²) >= 11 is 0. The highest BCUT2D eigenvalue weighted by Gasteiger charge is 2.15. The average molecular weight is 344 g/mol. The minimum atomic E-state index is -0.389. The standard InChI is InChI=1S/C19H16N6O/c26-18(17-21-11-5-12-22-17)24-19-23-15-7-1-2-8-16(15)25(19)13-9-14-6-3-4-10-20-14/h1-8,10-12H,9,13H2,(H,23,24,26). The number of fused-ring (bicyclic) bond motifs is 1. The van der Waals surface area contributed by atoms with Gasteiger partial charge in [-0.1, -0.05) is 18.2 Å². The summed E-state index contributed by atoms with van der Waals surface area (Å²) < 4.78 is 1.98. The third-order valence-corrected chi connectivity index (χ3v) is 3.97. The number of nitrogens with one attached hydrogen (secondary N) is 1. The fourth-order valence-electron chi connectivity index (χ4n) is 2.74. The van der Waals surface area contributed by atoms with E-state index >= 15 is 0 Å². The Hall–Kier alpha value is -3.61. The summed E-state index contributed by atoms with van der Waals surface area (Å²) in [4.78, 5) is 29.3. The molecule has 3 heterocycles. The molecule has 4 rings (SSSR count). The normalized spacial score (nSPS) is 10.8. The Bertz CT molecular complexity index is 1030. The van der Waals surface area contributed by atoms with E-state index in [0.29, 0.717) is 12.5 Å². The van der Waals surface area contributed by atoms with Gasteiger partial charge in [0, 0.05) is 37.3 Å². The maximum atomic E-state index is 12.4. The number of imidazole rings is 1. The molecule has 0 aliphatic rings. The lowest BCUT2D eigenvalue weighted by Crippen LogP contribution is -2.19. The predicted octanol–water partition coefficient (Wildman–Crippen LogP) is 2.72. The molecule has 0 saturated heterocycles. The third kappa shape index (κ3) is 3.27. The summed E-state index contributed by atoms with van der Waals surface area (Å²) in [6.45, 7) is 0.642. The van der Waals surface area contributed by atoms with E-state index in [9.17, 15) is 4.79 Å². The zero-order valence-electron chi connectivity index (χ0n) is 13.9. The van der Waals surface area contributed by atoms with Crippen LogP contribution in [0, 0.1) is 0 Å². The van der Waals surface area contributed by atoms with Gasteiger partial charge in [0.05, 0.1) is 11.0 Å². The lowest BCUT2D eigenvalue weighted by molar-refractivity contribution is 0.101. The number of hydrogen-bond donors (Lipinski definition) is 1. The van der Waals surface area contributed by atoms with E-state index in [1.165, 1.54) is 12.4 Å². The van der Waals surface area contributed by atoms with Crippen LogP contribution >= 0.6 is 0 Å². The second kappa shape index (κ2) is 7.10. The van der Waals surface area contributed by atoms with Crippen molar-refractivity contribution in [1.82, 2.24) is 24.5 Å². The fourth-order valence-corrected chi connectivity index (χ4v) is 2.74. The minimum absolute atomic E-state index is 0.107. The molecule has 1 aromatic carbocycles. The lowest BCUT2D eigenvalue weighted by Gasteiger charge is -2.09. The molecule has 0 bridgehead atoms. The smallest absolute Gasteiger partial charge is 0.295 e. The zero-order chi connectivity index (χ0) is 17.8. The second-order valence-corrected chi connectivity index (χ2v) is 5.67. The molecule has 0 aliphatic carbocycles. The summed E-state index contributed by atoms with van der Waals surface area (Å²) in [6.07, 6.45) is 5.57. The van der Waals surface area contributed by atoms with Crippen molar-refractivity contribution in [3.05, 3.63) is 78.6 Å². The summed E-state index contributed by atoms with van der Waals surface area (Å²) in [5.41, 5.74) is 2.75. The summed E-state index contributed by atoms with van der Waals surface area (Å²) in [6, 6.07) is 15.3. The van der Waals surface area contributed by atoms with E-state index in [4.69, 9.17) is 0 Å². The molecule has 0 unspecified atom stereocenters. The highest BCUT2D eigenvalue weighted by Crippen LogP contribution is 2.20. The average Bonchev–Trinajstić information content (AvgIpc) is 3.05. The maximum Gasteiger partial charge on any atom is 0.295 e. The monoisotopic (exact) mass is 344 g/mol. The van der Waals surface area contributed by atoms with Crippen molar-refractivity contribution in [2.24, 2.45) is 0 Å². The van der Waals surface area contributed by atoms with Gasteiger partial charge < -0.3 is 4.57 Å². The summed E-state index contributed by atoms with van der Waals surface area (Å²) in [5, 5.41) is 2.82. The summed E-state index contributed by atoms with van der Waals surface area (Å²) in [7, 11) is 0. The number of carbonyl (C=O) groups excluding carboxylic acids is 1. The first kappa shape index (κ1) is 15.9. The Labute approximate surface area is 149 Å². The van der Waals surface area contributed by atoms with E-state index in [-0.39, 0.29) is 11.7 Å². The van der Waals surface area contributed by atoms with Gasteiger partial charge >= 0.3 is 0 Å². The van der Waals surface area contributed by atoms with E-state index in [1.54, 1.807) is 12.3 Å². The quantitative estimate of drug-likeness (QED) is 0.602. The molecule has 1 amide bonds. The topological polar surface area (TPSA) is 85.6 Å². The van der Waals surface area contributed by atoms with Crippen LogP contribution in [0.4, 0.5) is 5.95 Å². The van der Waals surface area contributed by atoms with Gasteiger partial charge in [0.1, 0.15) is 0 Å². The lowest BCUT2D eigenvalue weighted by atomic mass is 10.2. The van der Waals surface area contributed by atoms with Crippen LogP contribution in [0.5, 0.6) is 0 Å². The first-order valence-electron chi connectivity index (χ1n) is 8.25. The van der Waals surface area contributed by atoms with Crippen molar-refractivity contribution in [3.8, 4) is 0 Å². The SMILES string of the molecule is O=C(Nc1nc2ccccc2n1CCc1ccccn1)c1ncccn1. The van der Waals surface area contributed by atoms with Gasteiger partial charge in [-0.15, -0.1) is 0 Å². The van der Waals surface area contributed by atoms with Crippen molar-refractivity contribution >= 4 is 22.9 Å². The molecule has 3 aromatic heterocycles. The van der Waals surface area contributed by atoms with Crippen molar-refractivity contribution in [2.45, 2.75) is 13.0 Å². The van der Waals surface area contributed by atoms with E-state index in [2.05, 4.69) is 25.3 Å². The Kier molecular flexibility index (Phi) is 4.34. The number of para-hydroxylation sites is 2. The summed E-state index contributed by atoms with van der Waals surface area (Å²) in [5.74, 6) is 0.190. The molecule has 0 aliphatic heterocycles. The number of rotatable bonds is 5. The number of nitrogens with zero attached hydrogens (tertiary/aromatic N) is 5. The molecule has 0 atom stereocenters. The largest absolute Gasteiger partial charge is 0.310 e. The first-order chi connectivity index (χ1) is 12.8. The van der Waals surface area contributed by atoms with Crippen LogP contribution in [0.15, 0.2) is 67.1 Å². The van der Waals surface area contributed by atoms with E-state index in [0.717, 1.165) is 23.1 Å². The number of anilines is 1. The molecule has 7 heteroatoms. The van der Waals surface area contributed by atoms with Gasteiger partial charge in [0.25, 0.3) is 5.91 Å². The molecule has 128 valence electrons. The highest BCUT2D eigenvalue weighted by molar-refractivity contribution is 6.01. The van der Waals surface area contributed by atoms with Gasteiger partial charge in [-0.25, -0.2) is 15.0 Å². The van der Waals surface area contributed by atoms with E-state index < -0.39 is 0 Å². The first-order valence-corrected chi connectivity index (χ1v) is 8.25. The van der Waals surface area contributed by atoms with Gasteiger partial charge in [-0.05, 0) is 30.3 Å². The Balaban J connectivity index is 1.64. The molecular weight excluding hydrogens is 328 g/mol. The van der Waals surface area contributed by atoms with Gasteiger partial charge in [0.15, 0.2) is 0 Å².